The lowest BCUT2D eigenvalue weighted by molar-refractivity contribution is -0.152. The van der Waals surface area contributed by atoms with Gasteiger partial charge in [0.2, 0.25) is 0 Å². The summed E-state index contributed by atoms with van der Waals surface area (Å²) in [6.07, 6.45) is 3.53. The van der Waals surface area contributed by atoms with Crippen LogP contribution in [-0.2, 0) is 23.8 Å². The van der Waals surface area contributed by atoms with E-state index in [-0.39, 0.29) is 17.4 Å². The number of ether oxygens (including phenoxy) is 3. The minimum Gasteiger partial charge on any atom is -0.458 e. The highest BCUT2D eigenvalue weighted by atomic mass is 16.7. The minimum absolute atomic E-state index is 0.0919. The molecule has 0 radical (unpaired) electrons. The second-order valence-corrected chi connectivity index (χ2v) is 7.85. The molecule has 2 aliphatic carbocycles. The van der Waals surface area contributed by atoms with Crippen molar-refractivity contribution in [2.45, 2.75) is 58.5 Å². The van der Waals surface area contributed by atoms with Crippen LogP contribution in [0.15, 0.2) is 34.6 Å². The third kappa shape index (κ3) is 2.51. The zero-order chi connectivity index (χ0) is 17.9. The second kappa shape index (κ2) is 5.46. The van der Waals surface area contributed by atoms with Gasteiger partial charge in [-0.2, -0.15) is 0 Å². The third-order valence-corrected chi connectivity index (χ3v) is 5.74. The highest BCUT2D eigenvalue weighted by molar-refractivity contribution is 5.92. The number of aliphatic hydroxyl groups excluding tert-OH is 1. The lowest BCUT2D eigenvalue weighted by atomic mass is 9.71. The Morgan fingerprint density at radius 2 is 2.04 bits per heavy atom. The molecule has 0 amide bonds. The number of hydrogen-bond acceptors (Lipinski definition) is 6. The lowest BCUT2D eigenvalue weighted by Crippen LogP contribution is -2.31. The van der Waals surface area contributed by atoms with E-state index in [9.17, 15) is 14.7 Å². The van der Waals surface area contributed by atoms with Gasteiger partial charge in [-0.15, -0.1) is 0 Å². The van der Waals surface area contributed by atoms with Crippen molar-refractivity contribution in [3.8, 4) is 0 Å². The van der Waals surface area contributed by atoms with Crippen molar-refractivity contribution in [2.75, 3.05) is 0 Å². The van der Waals surface area contributed by atoms with Crippen LogP contribution < -0.4 is 0 Å². The molecule has 1 N–H and O–H groups in total. The molecule has 6 nitrogen and oxygen atoms in total. The molecule has 25 heavy (non-hydrogen) atoms. The van der Waals surface area contributed by atoms with Gasteiger partial charge in [-0.3, -0.25) is 0 Å². The summed E-state index contributed by atoms with van der Waals surface area (Å²) in [5.41, 5.74) is 2.91. The van der Waals surface area contributed by atoms with Gasteiger partial charge in [0.1, 0.15) is 6.10 Å². The van der Waals surface area contributed by atoms with Gasteiger partial charge in [0.05, 0.1) is 17.9 Å². The average Bonchev–Trinajstić information content (AvgIpc) is 3.15. The molecule has 2 heterocycles. The Bertz CT molecular complexity index is 741. The number of esters is 2. The normalized spacial score (nSPS) is 37.6. The van der Waals surface area contributed by atoms with Crippen molar-refractivity contribution in [3.63, 3.8) is 0 Å². The smallest absolute Gasteiger partial charge is 0.338 e. The fourth-order valence-electron chi connectivity index (χ4n) is 4.38. The maximum Gasteiger partial charge on any atom is 0.338 e. The van der Waals surface area contributed by atoms with Gasteiger partial charge in [0.25, 0.3) is 6.29 Å². The number of cyclic esters (lactones) is 1. The Labute approximate surface area is 146 Å². The van der Waals surface area contributed by atoms with Gasteiger partial charge in [-0.25, -0.2) is 9.59 Å². The van der Waals surface area contributed by atoms with Crippen molar-refractivity contribution < 1.29 is 28.9 Å². The maximum atomic E-state index is 12.3. The van der Waals surface area contributed by atoms with Crippen LogP contribution in [0.4, 0.5) is 0 Å². The van der Waals surface area contributed by atoms with Crippen LogP contribution in [0.5, 0.6) is 0 Å². The van der Waals surface area contributed by atoms with Crippen LogP contribution >= 0.6 is 0 Å². The number of fused-ring (bicyclic) bond motifs is 2. The lowest BCUT2D eigenvalue weighted by Gasteiger charge is -2.36. The summed E-state index contributed by atoms with van der Waals surface area (Å²) in [7, 11) is 0. The van der Waals surface area contributed by atoms with Gasteiger partial charge >= 0.3 is 11.9 Å². The molecule has 134 valence electrons. The summed E-state index contributed by atoms with van der Waals surface area (Å²) in [5.74, 6) is -0.965. The quantitative estimate of drug-likeness (QED) is 0.357. The monoisotopic (exact) mass is 346 g/mol. The first-order valence-corrected chi connectivity index (χ1v) is 8.65. The molecule has 2 aliphatic heterocycles. The first-order chi connectivity index (χ1) is 11.8. The van der Waals surface area contributed by atoms with Crippen molar-refractivity contribution in [3.05, 3.63) is 34.6 Å². The molecular weight excluding hydrogens is 324 g/mol. The predicted octanol–water partition coefficient (Wildman–Crippen LogP) is 2.14. The van der Waals surface area contributed by atoms with Crippen molar-refractivity contribution in [2.24, 2.45) is 11.3 Å². The standard InChI is InChI=1S/C19H22O6/c1-9-6-14(24-17(9)21)23-8-12-10-7-11-13(20)4-5-19(2,3)15(11)16(10)25-18(12)22/h6,8,10,13-14,16,20H,4-5,7H2,1-3H3/t10-,13?,14-,16+/m1/s1. The summed E-state index contributed by atoms with van der Waals surface area (Å²) < 4.78 is 16.1. The topological polar surface area (TPSA) is 82.1 Å². The molecule has 1 fully saturated rings. The van der Waals surface area contributed by atoms with Crippen LogP contribution in [0, 0.1) is 11.3 Å². The maximum absolute atomic E-state index is 12.3. The SMILES string of the molecule is CC1=C[C@H](OC=C2C(=O)O[C@@H]3C4=C(C[C@H]23)C(O)CCC4(C)C)OC1=O. The molecule has 6 heteroatoms. The zero-order valence-electron chi connectivity index (χ0n) is 14.6. The molecule has 0 saturated carbocycles. The van der Waals surface area contributed by atoms with Gasteiger partial charge in [-0.1, -0.05) is 13.8 Å². The van der Waals surface area contributed by atoms with Crippen molar-refractivity contribution >= 4 is 11.9 Å². The largest absolute Gasteiger partial charge is 0.458 e. The first-order valence-electron chi connectivity index (χ1n) is 8.65. The number of carbonyl (C=O) groups is 2. The Morgan fingerprint density at radius 3 is 2.72 bits per heavy atom. The summed E-state index contributed by atoms with van der Waals surface area (Å²) in [6, 6.07) is 0. The summed E-state index contributed by atoms with van der Waals surface area (Å²) in [4.78, 5) is 23.7. The van der Waals surface area contributed by atoms with Gasteiger partial charge in [-0.05, 0) is 42.7 Å². The van der Waals surface area contributed by atoms with E-state index >= 15 is 0 Å². The molecule has 4 aliphatic rings. The summed E-state index contributed by atoms with van der Waals surface area (Å²) in [5, 5.41) is 10.4. The molecule has 4 rings (SSSR count). The average molecular weight is 346 g/mol. The number of hydrogen-bond donors (Lipinski definition) is 1. The minimum atomic E-state index is -0.808. The van der Waals surface area contributed by atoms with Crippen LogP contribution in [0.3, 0.4) is 0 Å². The predicted molar refractivity (Wildman–Crippen MR) is 86.8 cm³/mol. The van der Waals surface area contributed by atoms with Crippen LogP contribution in [-0.4, -0.2) is 35.5 Å². The molecule has 0 aromatic carbocycles. The van der Waals surface area contributed by atoms with Gasteiger partial charge in [0.15, 0.2) is 0 Å². The van der Waals surface area contributed by atoms with Gasteiger partial charge in [0, 0.05) is 17.6 Å². The molecule has 1 unspecified atom stereocenters. The molecule has 0 aromatic heterocycles. The van der Waals surface area contributed by atoms with E-state index in [4.69, 9.17) is 14.2 Å². The summed E-state index contributed by atoms with van der Waals surface area (Å²) >= 11 is 0. The number of rotatable bonds is 2. The molecule has 0 aromatic rings. The van der Waals surface area contributed by atoms with Crippen molar-refractivity contribution in [1.82, 2.24) is 0 Å². The van der Waals surface area contributed by atoms with Gasteiger partial charge < -0.3 is 19.3 Å². The Balaban J connectivity index is 1.57. The highest BCUT2D eigenvalue weighted by Crippen LogP contribution is 2.54. The van der Waals surface area contributed by atoms with E-state index in [0.29, 0.717) is 17.6 Å². The zero-order valence-corrected chi connectivity index (χ0v) is 14.6. The number of aliphatic hydroxyl groups is 1. The van der Waals surface area contributed by atoms with E-state index in [2.05, 4.69) is 13.8 Å². The Hall–Kier alpha value is -2.08. The molecule has 0 bridgehead atoms. The highest BCUT2D eigenvalue weighted by Gasteiger charge is 2.53. The Morgan fingerprint density at radius 1 is 1.28 bits per heavy atom. The first kappa shape index (κ1) is 16.4. The second-order valence-electron chi connectivity index (χ2n) is 7.85. The third-order valence-electron chi connectivity index (χ3n) is 5.74. The Kier molecular flexibility index (Phi) is 3.58. The molecular formula is C19H22O6. The van der Waals surface area contributed by atoms with E-state index < -0.39 is 24.3 Å². The fraction of sp³-hybridized carbons (Fsp3) is 0.579. The van der Waals surface area contributed by atoms with E-state index in [1.165, 1.54) is 6.26 Å². The van der Waals surface area contributed by atoms with E-state index in [0.717, 1.165) is 24.0 Å². The van der Waals surface area contributed by atoms with Crippen LogP contribution in [0.25, 0.3) is 0 Å². The van der Waals surface area contributed by atoms with E-state index in [1.54, 1.807) is 13.0 Å². The number of carbonyl (C=O) groups excluding carboxylic acids is 2. The molecule has 4 atom stereocenters. The summed E-state index contributed by atoms with van der Waals surface area (Å²) in [6.45, 7) is 5.92. The molecule has 0 spiro atoms. The van der Waals surface area contributed by atoms with Crippen molar-refractivity contribution in [1.29, 1.82) is 0 Å². The van der Waals surface area contributed by atoms with Crippen LogP contribution in [0.1, 0.15) is 40.0 Å². The van der Waals surface area contributed by atoms with Crippen LogP contribution in [0.2, 0.25) is 0 Å². The van der Waals surface area contributed by atoms with E-state index in [1.807, 2.05) is 0 Å². The fourth-order valence-corrected chi connectivity index (χ4v) is 4.38. The molecule has 1 saturated heterocycles.